The number of aliphatic hydroxyl groups is 1. The zero-order valence-corrected chi connectivity index (χ0v) is 40.6. The number of aliphatic hydroxyl groups excluding tert-OH is 1. The minimum atomic E-state index is -2.04. The van der Waals surface area contributed by atoms with Gasteiger partial charge in [-0.3, -0.25) is 24.5 Å². The van der Waals surface area contributed by atoms with Crippen molar-refractivity contribution in [1.82, 2.24) is 26.6 Å². The average Bonchev–Trinajstić information content (AvgIpc) is 3.22. The van der Waals surface area contributed by atoms with Crippen LogP contribution < -0.4 is 31.3 Å². The second-order valence-electron chi connectivity index (χ2n) is 18.0. The number of carboxylic acids is 1. The van der Waals surface area contributed by atoms with Gasteiger partial charge in [0.15, 0.2) is 11.2 Å². The van der Waals surface area contributed by atoms with Gasteiger partial charge in [-0.2, -0.15) is 0 Å². The van der Waals surface area contributed by atoms with Crippen LogP contribution in [0.15, 0.2) is 18.2 Å². The molecular formula is C44H72FN5O15S. The standard InChI is InChI=1S/C44H72FN5O15S/c1-41(2,15-20-62-44(7,66)46-8)50-38(55)31(49-35(53)27-63-43(5,6)17-21-61-42(3,4)16-19-59-9)12-10-11-18-47-34(52)25-48-37(54)30-22-28(26-60-40(45)58)13-14-32(30)64-36-24-29(51)23-33(65-36)39(56)57/h13-14,22,29,31,33,36,46,51,66H,10-12,15-21,23-27H2,1-9H3,(H,47,52)(H,48,54)(H,49,53)(H,50,55)(H,56,57). The minimum absolute atomic E-state index is 0.106. The van der Waals surface area contributed by atoms with E-state index in [1.54, 1.807) is 21.1 Å². The van der Waals surface area contributed by atoms with Crippen molar-refractivity contribution in [2.45, 2.75) is 153 Å². The van der Waals surface area contributed by atoms with Gasteiger partial charge in [0.1, 0.15) is 25.0 Å². The average molecular weight is 962 g/mol. The fourth-order valence-electron chi connectivity index (χ4n) is 6.23. The van der Waals surface area contributed by atoms with Gasteiger partial charge < -0.3 is 64.6 Å². The maximum absolute atomic E-state index is 13.7. The lowest BCUT2D eigenvalue weighted by molar-refractivity contribution is -0.195. The molecule has 1 aromatic rings. The number of halogens is 1. The van der Waals surface area contributed by atoms with E-state index in [0.717, 1.165) is 0 Å². The third-order valence-corrected chi connectivity index (χ3v) is 10.8. The number of hydrogen-bond acceptors (Lipinski definition) is 16. The van der Waals surface area contributed by atoms with Gasteiger partial charge in [-0.25, -0.2) is 9.59 Å². The Hall–Kier alpha value is -4.16. The van der Waals surface area contributed by atoms with Crippen LogP contribution in [-0.4, -0.2) is 146 Å². The van der Waals surface area contributed by atoms with Crippen molar-refractivity contribution in [2.24, 2.45) is 0 Å². The predicted octanol–water partition coefficient (Wildman–Crippen LogP) is 3.26. The summed E-state index contributed by atoms with van der Waals surface area (Å²) in [5.41, 5.74) is -1.82. The lowest BCUT2D eigenvalue weighted by atomic mass is 9.99. The van der Waals surface area contributed by atoms with Crippen molar-refractivity contribution in [3.8, 4) is 5.75 Å². The van der Waals surface area contributed by atoms with Crippen molar-refractivity contribution in [3.63, 3.8) is 0 Å². The largest absolute Gasteiger partial charge is 0.495 e. The molecule has 0 bridgehead atoms. The highest BCUT2D eigenvalue weighted by atomic mass is 32.1. The molecule has 66 heavy (non-hydrogen) atoms. The molecule has 5 atom stereocenters. The Balaban J connectivity index is 2.03. The quantitative estimate of drug-likeness (QED) is 0.0230. The van der Waals surface area contributed by atoms with Crippen LogP contribution in [0.25, 0.3) is 0 Å². The molecule has 22 heteroatoms. The molecule has 0 spiro atoms. The van der Waals surface area contributed by atoms with Crippen molar-refractivity contribution in [1.29, 1.82) is 0 Å². The second-order valence-corrected chi connectivity index (χ2v) is 18.8. The van der Waals surface area contributed by atoms with Gasteiger partial charge in [-0.1, -0.05) is 6.07 Å². The van der Waals surface area contributed by atoms with Gasteiger partial charge >= 0.3 is 12.2 Å². The van der Waals surface area contributed by atoms with E-state index >= 15 is 0 Å². The highest BCUT2D eigenvalue weighted by molar-refractivity contribution is 7.81. The number of unbranched alkanes of at least 4 members (excludes halogenated alkanes) is 1. The van der Waals surface area contributed by atoms with Crippen LogP contribution in [0.2, 0.25) is 0 Å². The molecule has 0 aliphatic carbocycles. The number of methoxy groups -OCH3 is 1. The molecule has 20 nitrogen and oxygen atoms in total. The molecule has 5 unspecified atom stereocenters. The van der Waals surface area contributed by atoms with E-state index in [4.69, 9.17) is 28.4 Å². The highest BCUT2D eigenvalue weighted by Crippen LogP contribution is 2.28. The van der Waals surface area contributed by atoms with E-state index in [9.17, 15) is 43.4 Å². The molecular weight excluding hydrogens is 890 g/mol. The summed E-state index contributed by atoms with van der Waals surface area (Å²) in [5.74, 6) is -3.72. The SMILES string of the molecule is CNC(C)(S)OCCC(C)(C)NC(=O)C(CCCCNC(=O)CNC(=O)c1cc(COC(=O)F)ccc1OC1CC(O)CC(C(=O)O)O1)NC(=O)COC(C)(C)CCOC(C)(C)CCOC. The summed E-state index contributed by atoms with van der Waals surface area (Å²) in [4.78, 5) is 75.3. The Morgan fingerprint density at radius 3 is 2.21 bits per heavy atom. The molecule has 1 saturated heterocycles. The topological polar surface area (TPSA) is 268 Å². The van der Waals surface area contributed by atoms with Gasteiger partial charge in [-0.15, -0.1) is 17.0 Å². The molecule has 7 N–H and O–H groups in total. The first kappa shape index (κ1) is 58.0. The van der Waals surface area contributed by atoms with Gasteiger partial charge in [0.25, 0.3) is 5.91 Å². The molecule has 0 radical (unpaired) electrons. The van der Waals surface area contributed by atoms with Crippen LogP contribution in [0.1, 0.15) is 116 Å². The third kappa shape index (κ3) is 23.5. The molecule has 1 aliphatic rings. The zero-order valence-electron chi connectivity index (χ0n) is 39.7. The molecule has 1 heterocycles. The number of carbonyl (C=O) groups is 6. The summed E-state index contributed by atoms with van der Waals surface area (Å²) in [7, 11) is 3.34. The van der Waals surface area contributed by atoms with Crippen molar-refractivity contribution < 1.29 is 76.5 Å². The zero-order chi connectivity index (χ0) is 49.7. The van der Waals surface area contributed by atoms with Crippen LogP contribution in [0, 0.1) is 0 Å². The monoisotopic (exact) mass is 961 g/mol. The Kier molecular flexibility index (Phi) is 24.2. The number of benzene rings is 1. The Labute approximate surface area is 392 Å². The van der Waals surface area contributed by atoms with Gasteiger partial charge in [0.2, 0.25) is 24.0 Å². The fourth-order valence-corrected chi connectivity index (χ4v) is 6.33. The molecule has 0 saturated carbocycles. The van der Waals surface area contributed by atoms with Crippen molar-refractivity contribution in [3.05, 3.63) is 29.3 Å². The van der Waals surface area contributed by atoms with E-state index < -0.39 is 95.3 Å². The summed E-state index contributed by atoms with van der Waals surface area (Å²) in [5, 5.41) is 32.6. The maximum Gasteiger partial charge on any atom is 0.495 e. The number of thiol groups is 1. The summed E-state index contributed by atoms with van der Waals surface area (Å²) < 4.78 is 51.2. The number of rotatable bonds is 31. The summed E-state index contributed by atoms with van der Waals surface area (Å²) in [6.07, 6.45) is -3.34. The smallest absolute Gasteiger partial charge is 0.479 e. The van der Waals surface area contributed by atoms with Crippen LogP contribution in [-0.2, 0) is 54.2 Å². The number of hydrogen-bond donors (Lipinski definition) is 8. The number of carbonyl (C=O) groups excluding carboxylic acids is 5. The molecule has 376 valence electrons. The minimum Gasteiger partial charge on any atom is -0.479 e. The number of carboxylic acid groups (broad SMARTS) is 1. The maximum atomic E-state index is 13.7. The number of ether oxygens (including phenoxy) is 7. The molecule has 1 fully saturated rings. The van der Waals surface area contributed by atoms with Crippen LogP contribution in [0.5, 0.6) is 5.75 Å². The van der Waals surface area contributed by atoms with E-state index in [2.05, 4.69) is 43.9 Å². The Morgan fingerprint density at radius 1 is 0.894 bits per heavy atom. The predicted molar refractivity (Wildman–Crippen MR) is 241 cm³/mol. The Morgan fingerprint density at radius 2 is 1.56 bits per heavy atom. The number of aliphatic carboxylic acids is 1. The second kappa shape index (κ2) is 27.6. The van der Waals surface area contributed by atoms with Gasteiger partial charge in [-0.05, 0) is 112 Å². The fraction of sp³-hybridized carbons (Fsp3) is 0.727. The van der Waals surface area contributed by atoms with E-state index in [0.29, 0.717) is 45.3 Å². The molecule has 2 rings (SSSR count). The van der Waals surface area contributed by atoms with Crippen LogP contribution >= 0.6 is 12.6 Å². The molecule has 0 aromatic heterocycles. The summed E-state index contributed by atoms with van der Waals surface area (Å²) in [6, 6.07) is 2.95. The Bertz CT molecular complexity index is 1750. The number of nitrogens with one attached hydrogen (secondary N) is 5. The van der Waals surface area contributed by atoms with Gasteiger partial charge in [0, 0.05) is 38.6 Å². The molecule has 1 aromatic carbocycles. The summed E-state index contributed by atoms with van der Waals surface area (Å²) >= 11 is 4.40. The van der Waals surface area contributed by atoms with E-state index in [1.165, 1.54) is 18.2 Å². The van der Waals surface area contributed by atoms with Crippen LogP contribution in [0.4, 0.5) is 9.18 Å². The van der Waals surface area contributed by atoms with Crippen molar-refractivity contribution in [2.75, 3.05) is 53.7 Å². The normalized spacial score (nSPS) is 18.0. The van der Waals surface area contributed by atoms with E-state index in [-0.39, 0.29) is 55.9 Å². The first-order valence-corrected chi connectivity index (χ1v) is 22.4. The molecule has 4 amide bonds. The van der Waals surface area contributed by atoms with Gasteiger partial charge in [0.05, 0.1) is 42.6 Å². The lowest BCUT2D eigenvalue weighted by Crippen LogP contribution is -2.54. The first-order chi connectivity index (χ1) is 30.8. The summed E-state index contributed by atoms with van der Waals surface area (Å²) in [6.45, 7) is 13.1. The first-order valence-electron chi connectivity index (χ1n) is 21.9. The lowest BCUT2D eigenvalue weighted by Gasteiger charge is -2.31. The number of amides is 4. The van der Waals surface area contributed by atoms with Crippen molar-refractivity contribution >= 4 is 48.4 Å². The third-order valence-electron chi connectivity index (χ3n) is 10.5. The highest BCUT2D eigenvalue weighted by Gasteiger charge is 2.35. The van der Waals surface area contributed by atoms with Crippen LogP contribution in [0.3, 0.4) is 0 Å². The van der Waals surface area contributed by atoms with E-state index in [1.807, 2.05) is 41.5 Å². The molecule has 1 aliphatic heterocycles.